The number of pyridine rings is 1. The van der Waals surface area contributed by atoms with E-state index in [-0.39, 0.29) is 0 Å². The lowest BCUT2D eigenvalue weighted by Gasteiger charge is -2.38. The van der Waals surface area contributed by atoms with Gasteiger partial charge >= 0.3 is 0 Å². The second-order valence-corrected chi connectivity index (χ2v) is 8.00. The molecule has 0 aromatic carbocycles. The Hall–Kier alpha value is -1.15. The molecule has 0 fully saturated rings. The van der Waals surface area contributed by atoms with E-state index in [1.54, 1.807) is 0 Å². The number of allylic oxidation sites excluding steroid dienone is 1. The Balaban J connectivity index is 2.81. The van der Waals surface area contributed by atoms with Crippen molar-refractivity contribution in [1.29, 1.82) is 0 Å². The highest BCUT2D eigenvalue weighted by Gasteiger charge is 2.31. The van der Waals surface area contributed by atoms with Gasteiger partial charge in [-0.2, -0.15) is 0 Å². The van der Waals surface area contributed by atoms with Gasteiger partial charge in [0.25, 0.3) is 0 Å². The molecule has 2 heterocycles. The van der Waals surface area contributed by atoms with Gasteiger partial charge in [0, 0.05) is 23.7 Å². The summed E-state index contributed by atoms with van der Waals surface area (Å²) in [5.41, 5.74) is 6.85. The molecule has 0 bridgehead atoms. The van der Waals surface area contributed by atoms with E-state index >= 15 is 0 Å². The summed E-state index contributed by atoms with van der Waals surface area (Å²) in [6.07, 6.45) is 2.50. The van der Waals surface area contributed by atoms with Crippen LogP contribution in [0.5, 0.6) is 0 Å². The van der Waals surface area contributed by atoms with Crippen LogP contribution in [0.2, 0.25) is 0 Å². The first kappa shape index (κ1) is 18.2. The molecule has 23 heavy (non-hydrogen) atoms. The monoisotopic (exact) mass is 314 g/mol. The zero-order valence-corrected chi connectivity index (χ0v) is 16.4. The number of likely N-dealkylation sites (N-methyl/N-ethyl adjacent to an activating group) is 1. The van der Waals surface area contributed by atoms with E-state index in [4.69, 9.17) is 4.98 Å². The first-order valence-corrected chi connectivity index (χ1v) is 9.06. The normalized spacial score (nSPS) is 28.3. The van der Waals surface area contributed by atoms with Crippen molar-refractivity contribution in [2.24, 2.45) is 5.92 Å². The summed E-state index contributed by atoms with van der Waals surface area (Å²) in [6.45, 7) is 18.3. The van der Waals surface area contributed by atoms with Gasteiger partial charge in [-0.3, -0.25) is 9.88 Å². The lowest BCUT2D eigenvalue weighted by atomic mass is 9.78. The van der Waals surface area contributed by atoms with Gasteiger partial charge in [-0.1, -0.05) is 39.3 Å². The SMILES string of the molecule is C/C1=C/C(C(C)C)c2c(C(C)C)cc(C)nc2[C@H](C)N(C)[C@@H]1C. The lowest BCUT2D eigenvalue weighted by molar-refractivity contribution is 0.211. The molecule has 2 nitrogen and oxygen atoms in total. The topological polar surface area (TPSA) is 16.1 Å². The maximum Gasteiger partial charge on any atom is 0.0616 e. The molecule has 1 aliphatic rings. The summed E-state index contributed by atoms with van der Waals surface area (Å²) in [6, 6.07) is 3.09. The molecule has 0 amide bonds. The van der Waals surface area contributed by atoms with Crippen molar-refractivity contribution in [3.05, 3.63) is 40.2 Å². The molecule has 1 aliphatic heterocycles. The summed E-state index contributed by atoms with van der Waals surface area (Å²) in [5.74, 6) is 1.55. The standard InChI is InChI=1S/C21H34N2/c1-12(2)18-10-14(5)16(7)23(9)17(8)21-20(18)19(13(3)4)11-15(6)22-21/h10-13,16-18H,1-9H3/b14-10-/t16-,17+,18?/m1/s1. The number of aryl methyl sites for hydroxylation is 1. The third-order valence-electron chi connectivity index (χ3n) is 5.64. The van der Waals surface area contributed by atoms with Gasteiger partial charge in [0.05, 0.1) is 5.69 Å². The lowest BCUT2D eigenvalue weighted by Crippen LogP contribution is -2.36. The van der Waals surface area contributed by atoms with Crippen LogP contribution < -0.4 is 0 Å². The fourth-order valence-electron chi connectivity index (χ4n) is 3.77. The number of aromatic nitrogens is 1. The van der Waals surface area contributed by atoms with Crippen molar-refractivity contribution in [2.45, 2.75) is 79.3 Å². The molecule has 0 N–H and O–H groups in total. The highest BCUT2D eigenvalue weighted by atomic mass is 15.2. The Labute approximate surface area is 143 Å². The van der Waals surface area contributed by atoms with Crippen molar-refractivity contribution < 1.29 is 0 Å². The summed E-state index contributed by atoms with van der Waals surface area (Å²) in [4.78, 5) is 7.47. The van der Waals surface area contributed by atoms with E-state index in [0.29, 0.717) is 29.8 Å². The maximum atomic E-state index is 5.01. The third-order valence-corrected chi connectivity index (χ3v) is 5.64. The molecular weight excluding hydrogens is 280 g/mol. The molecule has 2 heteroatoms. The fourth-order valence-corrected chi connectivity index (χ4v) is 3.77. The number of hydrogen-bond donors (Lipinski definition) is 0. The molecule has 128 valence electrons. The molecule has 1 unspecified atom stereocenters. The van der Waals surface area contributed by atoms with Crippen LogP contribution in [0, 0.1) is 12.8 Å². The van der Waals surface area contributed by atoms with E-state index in [2.05, 4.69) is 79.5 Å². The van der Waals surface area contributed by atoms with Crippen LogP contribution in [0.25, 0.3) is 0 Å². The second-order valence-electron chi connectivity index (χ2n) is 8.00. The zero-order valence-electron chi connectivity index (χ0n) is 16.4. The van der Waals surface area contributed by atoms with Crippen molar-refractivity contribution in [3.63, 3.8) is 0 Å². The van der Waals surface area contributed by atoms with Gasteiger partial charge in [0.2, 0.25) is 0 Å². The van der Waals surface area contributed by atoms with Gasteiger partial charge in [-0.05, 0) is 63.8 Å². The van der Waals surface area contributed by atoms with Crippen molar-refractivity contribution in [3.8, 4) is 0 Å². The maximum absolute atomic E-state index is 5.01. The van der Waals surface area contributed by atoms with E-state index in [1.165, 1.54) is 22.4 Å². The Bertz CT molecular complexity index is 598. The predicted octanol–water partition coefficient (Wildman–Crippen LogP) is 5.59. The van der Waals surface area contributed by atoms with Gasteiger partial charge in [0.15, 0.2) is 0 Å². The number of hydrogen-bond acceptors (Lipinski definition) is 2. The number of fused-ring (bicyclic) bond motifs is 1. The molecule has 0 spiro atoms. The largest absolute Gasteiger partial charge is 0.292 e. The molecule has 3 atom stereocenters. The minimum absolute atomic E-state index is 0.335. The Morgan fingerprint density at radius 2 is 1.65 bits per heavy atom. The number of rotatable bonds is 2. The van der Waals surface area contributed by atoms with Crippen molar-refractivity contribution in [2.75, 3.05) is 7.05 Å². The summed E-state index contributed by atoms with van der Waals surface area (Å²) in [5, 5.41) is 0. The molecular formula is C21H34N2. The van der Waals surface area contributed by atoms with Crippen molar-refractivity contribution in [1.82, 2.24) is 9.88 Å². The molecule has 0 aliphatic carbocycles. The fraction of sp³-hybridized carbons (Fsp3) is 0.667. The van der Waals surface area contributed by atoms with Crippen LogP contribution in [0.4, 0.5) is 0 Å². The average Bonchev–Trinajstić information content (AvgIpc) is 2.48. The molecule has 0 radical (unpaired) electrons. The Morgan fingerprint density at radius 1 is 1.04 bits per heavy atom. The van der Waals surface area contributed by atoms with E-state index in [9.17, 15) is 0 Å². The van der Waals surface area contributed by atoms with Gasteiger partial charge in [-0.25, -0.2) is 0 Å². The van der Waals surface area contributed by atoms with Crippen molar-refractivity contribution >= 4 is 0 Å². The summed E-state index contributed by atoms with van der Waals surface area (Å²) in [7, 11) is 2.23. The van der Waals surface area contributed by atoms with Crippen LogP contribution in [-0.4, -0.2) is 23.0 Å². The highest BCUT2D eigenvalue weighted by Crippen LogP contribution is 2.41. The minimum Gasteiger partial charge on any atom is -0.292 e. The van der Waals surface area contributed by atoms with Crippen LogP contribution in [0.15, 0.2) is 17.7 Å². The predicted molar refractivity (Wildman–Crippen MR) is 100 cm³/mol. The van der Waals surface area contributed by atoms with Crippen LogP contribution in [0.3, 0.4) is 0 Å². The minimum atomic E-state index is 0.335. The van der Waals surface area contributed by atoms with Crippen LogP contribution in [-0.2, 0) is 0 Å². The van der Waals surface area contributed by atoms with Gasteiger partial charge in [0.1, 0.15) is 0 Å². The molecule has 2 rings (SSSR count). The molecule has 1 aromatic heterocycles. The zero-order chi connectivity index (χ0) is 17.5. The van der Waals surface area contributed by atoms with E-state index < -0.39 is 0 Å². The summed E-state index contributed by atoms with van der Waals surface area (Å²) < 4.78 is 0. The molecule has 1 aromatic rings. The Morgan fingerprint density at radius 3 is 2.17 bits per heavy atom. The molecule has 0 saturated heterocycles. The quantitative estimate of drug-likeness (QED) is 0.661. The third kappa shape index (κ3) is 3.38. The smallest absolute Gasteiger partial charge is 0.0616 e. The van der Waals surface area contributed by atoms with Crippen LogP contribution in [0.1, 0.15) is 88.9 Å². The van der Waals surface area contributed by atoms with E-state index in [1.807, 2.05) is 0 Å². The second kappa shape index (κ2) is 6.76. The highest BCUT2D eigenvalue weighted by molar-refractivity contribution is 5.43. The number of nitrogens with zero attached hydrogens (tertiary/aromatic N) is 2. The first-order valence-electron chi connectivity index (χ1n) is 9.06. The first-order chi connectivity index (χ1) is 10.6. The summed E-state index contributed by atoms with van der Waals surface area (Å²) >= 11 is 0. The van der Waals surface area contributed by atoms with Crippen LogP contribution >= 0.6 is 0 Å². The van der Waals surface area contributed by atoms with E-state index in [0.717, 1.165) is 5.69 Å². The molecule has 0 saturated carbocycles. The Kier molecular flexibility index (Phi) is 5.35. The van der Waals surface area contributed by atoms with Gasteiger partial charge in [-0.15, -0.1) is 0 Å². The van der Waals surface area contributed by atoms with Gasteiger partial charge < -0.3 is 0 Å². The average molecular weight is 315 g/mol.